The van der Waals surface area contributed by atoms with Gasteiger partial charge in [0.15, 0.2) is 0 Å². The standard InChI is InChI=1S/C17H17NO4/c1-9-7-13-14(8-10(9)2)16(20)18(15(13)19)12-5-3-11(4-6-12)17(21)22/h3-6,13-14H,7-8H2,1-2H3,(H,21,22)/t13-,14-/m1/s1. The Bertz CT molecular complexity index is 670. The van der Waals surface area contributed by atoms with Crippen molar-refractivity contribution in [2.24, 2.45) is 11.8 Å². The molecule has 1 fully saturated rings. The number of hydrogen-bond acceptors (Lipinski definition) is 3. The number of hydrogen-bond donors (Lipinski definition) is 1. The molecule has 1 heterocycles. The highest BCUT2D eigenvalue weighted by Gasteiger charge is 2.49. The van der Waals surface area contributed by atoms with Gasteiger partial charge < -0.3 is 5.11 Å². The minimum atomic E-state index is -1.03. The van der Waals surface area contributed by atoms with E-state index in [0.717, 1.165) is 0 Å². The fourth-order valence-corrected chi connectivity index (χ4v) is 3.26. The van der Waals surface area contributed by atoms with Crippen molar-refractivity contribution >= 4 is 23.5 Å². The van der Waals surface area contributed by atoms with E-state index in [2.05, 4.69) is 0 Å². The number of nitrogens with zero attached hydrogens (tertiary/aromatic N) is 1. The quantitative estimate of drug-likeness (QED) is 0.673. The van der Waals surface area contributed by atoms with Gasteiger partial charge in [-0.05, 0) is 51.0 Å². The minimum absolute atomic E-state index is 0.133. The van der Waals surface area contributed by atoms with Gasteiger partial charge in [0.1, 0.15) is 0 Å². The highest BCUT2D eigenvalue weighted by molar-refractivity contribution is 6.22. The van der Waals surface area contributed by atoms with E-state index in [4.69, 9.17) is 5.11 Å². The average molecular weight is 299 g/mol. The van der Waals surface area contributed by atoms with Crippen LogP contribution in [0.25, 0.3) is 0 Å². The largest absolute Gasteiger partial charge is 0.478 e. The normalized spacial score (nSPS) is 24.7. The molecule has 3 rings (SSSR count). The lowest BCUT2D eigenvalue weighted by molar-refractivity contribution is -0.122. The third kappa shape index (κ3) is 2.13. The molecule has 0 saturated carbocycles. The van der Waals surface area contributed by atoms with Crippen LogP contribution in [0, 0.1) is 11.8 Å². The number of fused-ring (bicyclic) bond motifs is 1. The predicted molar refractivity (Wildman–Crippen MR) is 80.5 cm³/mol. The molecule has 5 nitrogen and oxygen atoms in total. The SMILES string of the molecule is CC1=C(C)C[C@H]2C(=O)N(c3ccc(C(=O)O)cc3)C(=O)[C@@H]2C1. The number of carbonyl (C=O) groups is 3. The molecule has 1 N–H and O–H groups in total. The van der Waals surface area contributed by atoms with Crippen LogP contribution in [-0.4, -0.2) is 22.9 Å². The van der Waals surface area contributed by atoms with Crippen LogP contribution in [0.4, 0.5) is 5.69 Å². The number of carboxylic acid groups (broad SMARTS) is 1. The first kappa shape index (κ1) is 14.5. The van der Waals surface area contributed by atoms with E-state index < -0.39 is 5.97 Å². The third-order valence-corrected chi connectivity index (χ3v) is 4.71. The molecule has 2 aliphatic rings. The Morgan fingerprint density at radius 2 is 1.45 bits per heavy atom. The Kier molecular flexibility index (Phi) is 3.35. The van der Waals surface area contributed by atoms with E-state index in [1.165, 1.54) is 40.3 Å². The fourth-order valence-electron chi connectivity index (χ4n) is 3.26. The number of carboxylic acids is 1. The zero-order valence-electron chi connectivity index (χ0n) is 12.5. The summed E-state index contributed by atoms with van der Waals surface area (Å²) in [5, 5.41) is 8.92. The predicted octanol–water partition coefficient (Wildman–Crippen LogP) is 2.62. The van der Waals surface area contributed by atoms with Crippen molar-refractivity contribution in [3.63, 3.8) is 0 Å². The van der Waals surface area contributed by atoms with Crippen LogP contribution >= 0.6 is 0 Å². The lowest BCUT2D eigenvalue weighted by Gasteiger charge is -2.23. The molecule has 0 bridgehead atoms. The van der Waals surface area contributed by atoms with Crippen molar-refractivity contribution in [3.8, 4) is 0 Å². The summed E-state index contributed by atoms with van der Waals surface area (Å²) in [7, 11) is 0. The number of aromatic carboxylic acids is 1. The van der Waals surface area contributed by atoms with Crippen molar-refractivity contribution in [1.82, 2.24) is 0 Å². The summed E-state index contributed by atoms with van der Waals surface area (Å²) in [5.74, 6) is -1.95. The molecule has 1 aliphatic carbocycles. The van der Waals surface area contributed by atoms with Gasteiger partial charge in [-0.25, -0.2) is 4.79 Å². The molecule has 0 aromatic heterocycles. The highest BCUT2D eigenvalue weighted by atomic mass is 16.4. The molecular formula is C17H17NO4. The second-order valence-electron chi connectivity index (χ2n) is 6.05. The summed E-state index contributed by atoms with van der Waals surface area (Å²) in [4.78, 5) is 37.3. The summed E-state index contributed by atoms with van der Waals surface area (Å²) >= 11 is 0. The zero-order valence-corrected chi connectivity index (χ0v) is 12.5. The van der Waals surface area contributed by atoms with Crippen LogP contribution < -0.4 is 4.90 Å². The van der Waals surface area contributed by atoms with Crippen LogP contribution in [0.1, 0.15) is 37.0 Å². The second kappa shape index (κ2) is 5.09. The summed E-state index contributed by atoms with van der Waals surface area (Å²) in [6.07, 6.45) is 1.26. The van der Waals surface area contributed by atoms with E-state index in [1.54, 1.807) is 0 Å². The lowest BCUT2D eigenvalue weighted by Crippen LogP contribution is -2.30. The van der Waals surface area contributed by atoms with E-state index >= 15 is 0 Å². The highest BCUT2D eigenvalue weighted by Crippen LogP contribution is 2.42. The first-order valence-electron chi connectivity index (χ1n) is 7.26. The monoisotopic (exact) mass is 299 g/mol. The van der Waals surface area contributed by atoms with Gasteiger partial charge in [-0.15, -0.1) is 0 Å². The maximum atomic E-state index is 12.6. The molecule has 2 amide bonds. The molecule has 0 spiro atoms. The Balaban J connectivity index is 1.92. The summed E-state index contributed by atoms with van der Waals surface area (Å²) in [5.41, 5.74) is 2.95. The molecule has 5 heteroatoms. The molecule has 0 unspecified atom stereocenters. The van der Waals surface area contributed by atoms with E-state index in [1.807, 2.05) is 13.8 Å². The van der Waals surface area contributed by atoms with Gasteiger partial charge in [0.25, 0.3) is 0 Å². The summed E-state index contributed by atoms with van der Waals surface area (Å²) in [6.45, 7) is 4.02. The minimum Gasteiger partial charge on any atom is -0.478 e. The van der Waals surface area contributed by atoms with Crippen LogP contribution in [0.5, 0.6) is 0 Å². The molecule has 1 aliphatic heterocycles. The van der Waals surface area contributed by atoms with Crippen LogP contribution in [0.2, 0.25) is 0 Å². The topological polar surface area (TPSA) is 74.7 Å². The number of amides is 2. The molecule has 1 aromatic rings. The van der Waals surface area contributed by atoms with Gasteiger partial charge in [-0.1, -0.05) is 11.1 Å². The van der Waals surface area contributed by atoms with Crippen molar-refractivity contribution in [2.45, 2.75) is 26.7 Å². The Morgan fingerprint density at radius 3 is 1.86 bits per heavy atom. The van der Waals surface area contributed by atoms with Crippen molar-refractivity contribution in [3.05, 3.63) is 41.0 Å². The van der Waals surface area contributed by atoms with Crippen molar-refractivity contribution < 1.29 is 19.5 Å². The molecule has 0 radical (unpaired) electrons. The number of carbonyl (C=O) groups excluding carboxylic acids is 2. The van der Waals surface area contributed by atoms with Crippen molar-refractivity contribution in [1.29, 1.82) is 0 Å². The maximum Gasteiger partial charge on any atom is 0.335 e. The number of rotatable bonds is 2. The first-order chi connectivity index (χ1) is 10.4. The number of anilines is 1. The molecule has 114 valence electrons. The smallest absolute Gasteiger partial charge is 0.335 e. The van der Waals surface area contributed by atoms with Crippen LogP contribution in [0.3, 0.4) is 0 Å². The number of imide groups is 1. The van der Waals surface area contributed by atoms with Crippen LogP contribution in [0.15, 0.2) is 35.4 Å². The Morgan fingerprint density at radius 1 is 1.00 bits per heavy atom. The fraction of sp³-hybridized carbons (Fsp3) is 0.353. The van der Waals surface area contributed by atoms with Gasteiger partial charge in [0, 0.05) is 0 Å². The molecule has 1 saturated heterocycles. The van der Waals surface area contributed by atoms with E-state index in [9.17, 15) is 14.4 Å². The first-order valence-corrected chi connectivity index (χ1v) is 7.26. The third-order valence-electron chi connectivity index (χ3n) is 4.71. The van der Waals surface area contributed by atoms with Crippen molar-refractivity contribution in [2.75, 3.05) is 4.90 Å². The van der Waals surface area contributed by atoms with Crippen LogP contribution in [-0.2, 0) is 9.59 Å². The zero-order chi connectivity index (χ0) is 16.0. The van der Waals surface area contributed by atoms with Gasteiger partial charge in [-0.2, -0.15) is 0 Å². The van der Waals surface area contributed by atoms with Gasteiger partial charge in [-0.3, -0.25) is 14.5 Å². The second-order valence-corrected chi connectivity index (χ2v) is 6.05. The summed E-state index contributed by atoms with van der Waals surface area (Å²) < 4.78 is 0. The summed E-state index contributed by atoms with van der Waals surface area (Å²) in [6, 6.07) is 5.86. The van der Waals surface area contributed by atoms with E-state index in [0.29, 0.717) is 18.5 Å². The average Bonchev–Trinajstić information content (AvgIpc) is 2.72. The molecule has 2 atom stereocenters. The molecule has 1 aromatic carbocycles. The number of allylic oxidation sites excluding steroid dienone is 2. The van der Waals surface area contributed by atoms with Gasteiger partial charge in [0.2, 0.25) is 11.8 Å². The Labute approximate surface area is 128 Å². The van der Waals surface area contributed by atoms with Gasteiger partial charge >= 0.3 is 5.97 Å². The molecular weight excluding hydrogens is 282 g/mol. The molecule has 22 heavy (non-hydrogen) atoms. The number of benzene rings is 1. The van der Waals surface area contributed by atoms with Gasteiger partial charge in [0.05, 0.1) is 23.1 Å². The van der Waals surface area contributed by atoms with E-state index in [-0.39, 0.29) is 29.2 Å². The maximum absolute atomic E-state index is 12.6. The Hall–Kier alpha value is -2.43. The lowest BCUT2D eigenvalue weighted by atomic mass is 9.78.